The summed E-state index contributed by atoms with van der Waals surface area (Å²) in [5.74, 6) is -3.58. The maximum absolute atomic E-state index is 13.9. The van der Waals surface area contributed by atoms with Crippen LogP contribution in [-0.2, 0) is 31.0 Å². The van der Waals surface area contributed by atoms with E-state index < -0.39 is 47.1 Å². The van der Waals surface area contributed by atoms with E-state index in [0.29, 0.717) is 15.8 Å². The van der Waals surface area contributed by atoms with Crippen LogP contribution in [0.1, 0.15) is 16.5 Å². The number of hydrogen-bond acceptors (Lipinski definition) is 8. The highest BCUT2D eigenvalue weighted by atomic mass is 32.2. The molecule has 0 fully saturated rings. The Kier molecular flexibility index (Phi) is 8.62. The first-order valence-corrected chi connectivity index (χ1v) is 14.0. The fourth-order valence-electron chi connectivity index (χ4n) is 3.91. The molecule has 0 aliphatic rings. The Morgan fingerprint density at radius 1 is 1.00 bits per heavy atom. The van der Waals surface area contributed by atoms with Crippen LogP contribution in [0.15, 0.2) is 81.8 Å². The fourth-order valence-corrected chi connectivity index (χ4v) is 5.83. The summed E-state index contributed by atoms with van der Waals surface area (Å²) in [4.78, 5) is 52.3. The van der Waals surface area contributed by atoms with Crippen molar-refractivity contribution in [1.29, 1.82) is 0 Å². The lowest BCUT2D eigenvalue weighted by Gasteiger charge is -2.27. The van der Waals surface area contributed by atoms with Crippen LogP contribution in [0.2, 0.25) is 0 Å². The van der Waals surface area contributed by atoms with E-state index in [1.165, 1.54) is 65.9 Å². The highest BCUT2D eigenvalue weighted by Gasteiger charge is 2.34. The third-order valence-corrected chi connectivity index (χ3v) is 7.95. The number of para-hydroxylation sites is 1. The van der Waals surface area contributed by atoms with Gasteiger partial charge in [-0.3, -0.25) is 14.4 Å². The number of aliphatic carboxylic acids is 2. The fraction of sp³-hybridized carbons (Fsp3) is 0.154. The molecular formula is C26H23N3O9S2. The van der Waals surface area contributed by atoms with Crippen LogP contribution >= 0.6 is 11.3 Å². The minimum atomic E-state index is -4.43. The number of amides is 1. The molecule has 0 saturated heterocycles. The van der Waals surface area contributed by atoms with Crippen LogP contribution in [0, 0.1) is 0 Å². The average Bonchev–Trinajstić information content (AvgIpc) is 3.42. The Hall–Kier alpha value is -4.53. The zero-order valence-electron chi connectivity index (χ0n) is 20.6. The highest BCUT2D eigenvalue weighted by molar-refractivity contribution is 7.89. The Morgan fingerprint density at radius 3 is 2.48 bits per heavy atom. The molecule has 40 heavy (non-hydrogen) atoms. The van der Waals surface area contributed by atoms with Gasteiger partial charge in [-0.15, -0.1) is 11.3 Å². The van der Waals surface area contributed by atoms with Gasteiger partial charge in [0.25, 0.3) is 0 Å². The molecule has 1 atom stereocenters. The average molecular weight is 586 g/mol. The monoisotopic (exact) mass is 585 g/mol. The van der Waals surface area contributed by atoms with E-state index in [4.69, 9.17) is 9.84 Å². The van der Waals surface area contributed by atoms with E-state index in [1.54, 1.807) is 17.5 Å². The molecule has 0 saturated carbocycles. The van der Waals surface area contributed by atoms with Crippen molar-refractivity contribution in [2.75, 3.05) is 13.2 Å². The van der Waals surface area contributed by atoms with Crippen LogP contribution in [0.3, 0.4) is 0 Å². The summed E-state index contributed by atoms with van der Waals surface area (Å²) in [6, 6.07) is 14.2. The number of nitrogens with one attached hydrogen (secondary N) is 2. The van der Waals surface area contributed by atoms with Crippen molar-refractivity contribution >= 4 is 50.1 Å². The van der Waals surface area contributed by atoms with Crippen molar-refractivity contribution in [2.24, 2.45) is 0 Å². The maximum atomic E-state index is 13.9. The van der Waals surface area contributed by atoms with Gasteiger partial charge >= 0.3 is 11.9 Å². The maximum Gasteiger partial charge on any atom is 0.341 e. The molecule has 4 N–H and O–H groups in total. The number of rotatable bonds is 12. The van der Waals surface area contributed by atoms with Crippen molar-refractivity contribution in [3.8, 4) is 5.75 Å². The smallest absolute Gasteiger partial charge is 0.341 e. The number of pyridine rings is 1. The van der Waals surface area contributed by atoms with Crippen molar-refractivity contribution in [2.45, 2.75) is 17.5 Å². The Bertz CT molecular complexity index is 1720. The molecule has 4 aromatic rings. The molecule has 0 unspecified atom stereocenters. The van der Waals surface area contributed by atoms with E-state index in [1.807, 2.05) is 0 Å². The van der Waals surface area contributed by atoms with Crippen LogP contribution in [0.4, 0.5) is 0 Å². The van der Waals surface area contributed by atoms with Gasteiger partial charge in [0.2, 0.25) is 21.5 Å². The zero-order valence-corrected chi connectivity index (χ0v) is 22.3. The van der Waals surface area contributed by atoms with Crippen LogP contribution in [-0.4, -0.2) is 59.5 Å². The number of hydrogen-bond donors (Lipinski definition) is 4. The van der Waals surface area contributed by atoms with Gasteiger partial charge in [-0.05, 0) is 47.2 Å². The number of nitrogens with zero attached hydrogens (tertiary/aromatic N) is 1. The number of aromatic amines is 1. The molecule has 4 rings (SSSR count). The number of H-pyrrole nitrogens is 1. The van der Waals surface area contributed by atoms with Gasteiger partial charge in [-0.1, -0.05) is 24.3 Å². The molecule has 0 spiro atoms. The van der Waals surface area contributed by atoms with Crippen LogP contribution in [0.25, 0.3) is 10.9 Å². The number of aromatic nitrogens is 1. The number of carboxylic acids is 2. The summed E-state index contributed by atoms with van der Waals surface area (Å²) in [6.07, 6.45) is 0. The van der Waals surface area contributed by atoms with Crippen LogP contribution in [0.5, 0.6) is 5.75 Å². The van der Waals surface area contributed by atoms with Crippen molar-refractivity contribution in [3.05, 3.63) is 92.9 Å². The quantitative estimate of drug-likeness (QED) is 0.194. The van der Waals surface area contributed by atoms with Crippen LogP contribution < -0.4 is 15.0 Å². The van der Waals surface area contributed by atoms with Crippen molar-refractivity contribution in [3.63, 3.8) is 0 Å². The second kappa shape index (κ2) is 12.1. The minimum Gasteiger partial charge on any atom is -0.482 e. The first-order valence-electron chi connectivity index (χ1n) is 11.7. The largest absolute Gasteiger partial charge is 0.482 e. The normalized spacial score (nSPS) is 12.1. The third kappa shape index (κ3) is 6.91. The van der Waals surface area contributed by atoms with E-state index >= 15 is 0 Å². The molecule has 0 radical (unpaired) electrons. The van der Waals surface area contributed by atoms with E-state index in [-0.39, 0.29) is 28.3 Å². The molecule has 0 aliphatic heterocycles. The Labute approximate surface area is 231 Å². The summed E-state index contributed by atoms with van der Waals surface area (Å²) in [6.45, 7) is -1.60. The molecule has 1 amide bonds. The van der Waals surface area contributed by atoms with Crippen molar-refractivity contribution in [1.82, 2.24) is 14.6 Å². The number of carbonyl (C=O) groups excluding carboxylic acids is 1. The number of carbonyl (C=O) groups is 3. The molecule has 2 aromatic carbocycles. The summed E-state index contributed by atoms with van der Waals surface area (Å²) < 4.78 is 34.8. The van der Waals surface area contributed by atoms with E-state index in [9.17, 15) is 32.7 Å². The standard InChI is InChI=1S/C26H23N3O9S2/c30-22-10-7-16-12-18(8-9-20(16)27-22)40(36,37)28-25(19-5-1-2-6-21(19)38-15-24(33)34)26(35)29(14-23(31)32)13-17-4-3-11-39-17/h1-12,25,28H,13-15H2,(H,27,30)(H,31,32)(H,33,34)/t25-/m1/s1. The molecule has 2 aromatic heterocycles. The first kappa shape index (κ1) is 28.5. The third-order valence-electron chi connectivity index (χ3n) is 5.67. The highest BCUT2D eigenvalue weighted by Crippen LogP contribution is 2.30. The number of carboxylic acid groups (broad SMARTS) is 2. The van der Waals surface area contributed by atoms with Gasteiger partial charge in [-0.2, -0.15) is 4.72 Å². The molecule has 208 valence electrons. The minimum absolute atomic E-state index is 0.0102. The Balaban J connectivity index is 1.78. The molecule has 14 heteroatoms. The summed E-state index contributed by atoms with van der Waals surface area (Å²) in [7, 11) is -4.43. The lowest BCUT2D eigenvalue weighted by molar-refractivity contribution is -0.145. The number of ether oxygens (including phenoxy) is 1. The number of fused-ring (bicyclic) bond motifs is 1. The lowest BCUT2D eigenvalue weighted by atomic mass is 10.0. The topological polar surface area (TPSA) is 183 Å². The second-order valence-corrected chi connectivity index (χ2v) is 11.3. The van der Waals surface area contributed by atoms with Gasteiger partial charge in [0.1, 0.15) is 18.3 Å². The van der Waals surface area contributed by atoms with Gasteiger partial charge in [0.15, 0.2) is 6.61 Å². The van der Waals surface area contributed by atoms with Gasteiger partial charge in [0, 0.05) is 22.0 Å². The zero-order chi connectivity index (χ0) is 28.9. The van der Waals surface area contributed by atoms with E-state index in [2.05, 4.69) is 9.71 Å². The number of thiophene rings is 1. The summed E-state index contributed by atoms with van der Waals surface area (Å²) >= 11 is 1.29. The van der Waals surface area contributed by atoms with E-state index in [0.717, 1.165) is 4.90 Å². The SMILES string of the molecule is O=C(O)COc1ccccc1[C@@H](NS(=O)(=O)c1ccc2[nH]c(=O)ccc2c1)C(=O)N(CC(=O)O)Cc1cccs1. The number of benzene rings is 2. The molecular weight excluding hydrogens is 562 g/mol. The van der Waals surface area contributed by atoms with Crippen molar-refractivity contribution < 1.29 is 37.8 Å². The predicted molar refractivity (Wildman–Crippen MR) is 145 cm³/mol. The second-order valence-electron chi connectivity index (χ2n) is 8.51. The number of sulfonamides is 1. The molecule has 2 heterocycles. The van der Waals surface area contributed by atoms with Gasteiger partial charge in [0.05, 0.1) is 11.4 Å². The molecule has 0 bridgehead atoms. The predicted octanol–water partition coefficient (Wildman–Crippen LogP) is 2.19. The summed E-state index contributed by atoms with van der Waals surface area (Å²) in [5.41, 5.74) is 0.0215. The molecule has 0 aliphatic carbocycles. The van der Waals surface area contributed by atoms with Gasteiger partial charge in [-0.25, -0.2) is 13.2 Å². The molecule has 12 nitrogen and oxygen atoms in total. The Morgan fingerprint density at radius 2 is 1.77 bits per heavy atom. The van der Waals surface area contributed by atoms with Gasteiger partial charge < -0.3 is 24.8 Å². The summed E-state index contributed by atoms with van der Waals surface area (Å²) in [5, 5.41) is 20.8. The lowest BCUT2D eigenvalue weighted by Crippen LogP contribution is -2.44. The first-order chi connectivity index (χ1) is 19.0.